The van der Waals surface area contributed by atoms with Crippen LogP contribution in [0.3, 0.4) is 0 Å². The van der Waals surface area contributed by atoms with Gasteiger partial charge in [-0.25, -0.2) is 0 Å². The maximum atomic E-state index is 11.8. The zero-order valence-electron chi connectivity index (χ0n) is 19.5. The molecule has 16 nitrogen and oxygen atoms in total. The number of amides is 1. The number of nitrogens with one attached hydrogen (secondary N) is 1. The zero-order chi connectivity index (χ0) is 26.9. The van der Waals surface area contributed by atoms with Crippen LogP contribution < -0.4 is 5.32 Å². The summed E-state index contributed by atoms with van der Waals surface area (Å²) in [6, 6.07) is -1.42. The fourth-order valence-electron chi connectivity index (χ4n) is 4.40. The minimum atomic E-state index is -1.86. The number of carbonyl (C=O) groups is 1. The third-order valence-corrected chi connectivity index (χ3v) is 6.45. The quantitative estimate of drug-likeness (QED) is 0.147. The lowest BCUT2D eigenvalue weighted by atomic mass is 9.94. The van der Waals surface area contributed by atoms with Crippen molar-refractivity contribution in [3.63, 3.8) is 0 Å². The molecular formula is C20H35NO15. The second kappa shape index (κ2) is 12.2. The Bertz CT molecular complexity index is 729. The molecular weight excluding hydrogens is 494 g/mol. The van der Waals surface area contributed by atoms with Crippen molar-refractivity contribution < 1.29 is 74.4 Å². The van der Waals surface area contributed by atoms with E-state index in [1.807, 2.05) is 0 Å². The van der Waals surface area contributed by atoms with E-state index < -0.39 is 111 Å². The van der Waals surface area contributed by atoms with Crippen LogP contribution in [0.2, 0.25) is 0 Å². The van der Waals surface area contributed by atoms with E-state index in [0.717, 1.165) is 6.92 Å². The van der Waals surface area contributed by atoms with E-state index in [1.165, 1.54) is 6.92 Å². The number of ether oxygens (including phenoxy) is 5. The van der Waals surface area contributed by atoms with Gasteiger partial charge in [0.05, 0.1) is 19.3 Å². The molecule has 0 saturated carbocycles. The molecule has 0 unspecified atom stereocenters. The molecule has 0 bridgehead atoms. The highest BCUT2D eigenvalue weighted by Gasteiger charge is 2.54. The van der Waals surface area contributed by atoms with E-state index >= 15 is 0 Å². The standard InChI is InChI=1S/C20H35NO15/c1-5-10(25)12(27)14(29)19(32-5)35-16-8(4-23)33-18(31)9(21-6(2)24)17(16)36-20-15(30)13(28)11(26)7(3-22)34-20/h5,7-20,22-23,25-31H,3-4H2,1-2H3,(H,21,24)/t5-,7+,8+,9+,10-,11-,12+,13-,14+,15+,16+,17+,18+,19-,20-/m0/s1. The summed E-state index contributed by atoms with van der Waals surface area (Å²) in [4.78, 5) is 11.8. The van der Waals surface area contributed by atoms with E-state index in [4.69, 9.17) is 23.7 Å². The summed E-state index contributed by atoms with van der Waals surface area (Å²) < 4.78 is 27.7. The van der Waals surface area contributed by atoms with E-state index in [9.17, 15) is 50.8 Å². The van der Waals surface area contributed by atoms with Crippen molar-refractivity contribution in [2.24, 2.45) is 0 Å². The van der Waals surface area contributed by atoms with Gasteiger partial charge >= 0.3 is 0 Å². The molecule has 1 amide bonds. The molecule has 0 aromatic carbocycles. The molecule has 210 valence electrons. The van der Waals surface area contributed by atoms with Crippen molar-refractivity contribution >= 4 is 5.91 Å². The number of rotatable bonds is 7. The monoisotopic (exact) mass is 529 g/mol. The molecule has 0 aromatic rings. The first-order valence-corrected chi connectivity index (χ1v) is 11.4. The average Bonchev–Trinajstić information content (AvgIpc) is 2.84. The molecule has 3 aliphatic rings. The van der Waals surface area contributed by atoms with Crippen LogP contribution >= 0.6 is 0 Å². The SMILES string of the molecule is CC(=O)N[C@@H]1[C@@H](O[C@@H]2O[C@H](CO)[C@H](O)[C@H](O)[C@H]2O)[C@H](O[C@@H]2O[C@@H](C)[C@H](O)[C@@H](O)[C@H]2O)[C@@H](CO)O[C@H]1O. The van der Waals surface area contributed by atoms with E-state index in [1.54, 1.807) is 0 Å². The van der Waals surface area contributed by atoms with Gasteiger partial charge in [-0.1, -0.05) is 0 Å². The van der Waals surface area contributed by atoms with Gasteiger partial charge in [0.25, 0.3) is 0 Å². The topological polar surface area (TPSA) is 257 Å². The fourth-order valence-corrected chi connectivity index (χ4v) is 4.40. The summed E-state index contributed by atoms with van der Waals surface area (Å²) in [5, 5.41) is 93.2. The number of aliphatic hydroxyl groups excluding tert-OH is 9. The van der Waals surface area contributed by atoms with Crippen molar-refractivity contribution in [3.05, 3.63) is 0 Å². The Morgan fingerprint density at radius 1 is 0.722 bits per heavy atom. The lowest BCUT2D eigenvalue weighted by Crippen LogP contribution is -2.69. The van der Waals surface area contributed by atoms with Gasteiger partial charge in [0.2, 0.25) is 5.91 Å². The molecule has 0 spiro atoms. The van der Waals surface area contributed by atoms with Crippen LogP contribution in [0, 0.1) is 0 Å². The Labute approximate surface area is 205 Å². The normalized spacial score (nSPS) is 50.0. The van der Waals surface area contributed by atoms with Crippen LogP contribution in [-0.2, 0) is 28.5 Å². The Morgan fingerprint density at radius 2 is 1.25 bits per heavy atom. The molecule has 0 aliphatic carbocycles. The molecule has 10 N–H and O–H groups in total. The van der Waals surface area contributed by atoms with Gasteiger partial charge in [-0.15, -0.1) is 0 Å². The van der Waals surface area contributed by atoms with Crippen molar-refractivity contribution in [1.82, 2.24) is 5.32 Å². The highest BCUT2D eigenvalue weighted by Crippen LogP contribution is 2.32. The zero-order valence-corrected chi connectivity index (χ0v) is 19.5. The highest BCUT2D eigenvalue weighted by molar-refractivity contribution is 5.73. The van der Waals surface area contributed by atoms with Crippen LogP contribution in [0.15, 0.2) is 0 Å². The second-order valence-corrected chi connectivity index (χ2v) is 9.05. The third kappa shape index (κ3) is 5.97. The predicted octanol–water partition coefficient (Wildman–Crippen LogP) is -6.40. The van der Waals surface area contributed by atoms with Gasteiger partial charge in [0.15, 0.2) is 18.9 Å². The average molecular weight is 529 g/mol. The second-order valence-electron chi connectivity index (χ2n) is 9.05. The van der Waals surface area contributed by atoms with Crippen LogP contribution in [0.1, 0.15) is 13.8 Å². The van der Waals surface area contributed by atoms with Crippen LogP contribution in [-0.4, -0.2) is 157 Å². The van der Waals surface area contributed by atoms with Gasteiger partial charge in [-0.05, 0) is 6.92 Å². The lowest BCUT2D eigenvalue weighted by molar-refractivity contribution is -0.370. The molecule has 0 aromatic heterocycles. The molecule has 0 radical (unpaired) electrons. The Kier molecular flexibility index (Phi) is 9.97. The van der Waals surface area contributed by atoms with E-state index in [0.29, 0.717) is 0 Å². The van der Waals surface area contributed by atoms with Gasteiger partial charge in [-0.2, -0.15) is 0 Å². The van der Waals surface area contributed by atoms with Crippen LogP contribution in [0.25, 0.3) is 0 Å². The number of aliphatic hydroxyl groups is 9. The molecule has 3 rings (SSSR count). The summed E-state index contributed by atoms with van der Waals surface area (Å²) in [7, 11) is 0. The highest BCUT2D eigenvalue weighted by atomic mass is 16.7. The number of hydrogen-bond acceptors (Lipinski definition) is 15. The molecule has 15 atom stereocenters. The first-order chi connectivity index (χ1) is 16.9. The maximum absolute atomic E-state index is 11.8. The van der Waals surface area contributed by atoms with Crippen molar-refractivity contribution in [1.29, 1.82) is 0 Å². The lowest BCUT2D eigenvalue weighted by Gasteiger charge is -2.49. The summed E-state index contributed by atoms with van der Waals surface area (Å²) in [5.74, 6) is -0.646. The van der Waals surface area contributed by atoms with Gasteiger partial charge < -0.3 is 75.0 Å². The minimum absolute atomic E-state index is 0.646. The molecule has 36 heavy (non-hydrogen) atoms. The summed E-state index contributed by atoms with van der Waals surface area (Å²) in [6.45, 7) is 1.00. The summed E-state index contributed by atoms with van der Waals surface area (Å²) in [5.41, 5.74) is 0. The Balaban J connectivity index is 1.92. The number of hydrogen-bond donors (Lipinski definition) is 10. The smallest absolute Gasteiger partial charge is 0.217 e. The van der Waals surface area contributed by atoms with Crippen LogP contribution in [0.5, 0.6) is 0 Å². The van der Waals surface area contributed by atoms with E-state index in [-0.39, 0.29) is 0 Å². The first kappa shape index (κ1) is 29.5. The fraction of sp³-hybridized carbons (Fsp3) is 0.950. The predicted molar refractivity (Wildman–Crippen MR) is 111 cm³/mol. The Morgan fingerprint density at radius 3 is 1.81 bits per heavy atom. The van der Waals surface area contributed by atoms with Gasteiger partial charge in [-0.3, -0.25) is 4.79 Å². The molecule has 16 heteroatoms. The van der Waals surface area contributed by atoms with E-state index in [2.05, 4.69) is 5.32 Å². The summed E-state index contributed by atoms with van der Waals surface area (Å²) >= 11 is 0. The largest absolute Gasteiger partial charge is 0.394 e. The minimum Gasteiger partial charge on any atom is -0.394 e. The van der Waals surface area contributed by atoms with Gasteiger partial charge in [0.1, 0.15) is 67.1 Å². The van der Waals surface area contributed by atoms with Gasteiger partial charge in [0, 0.05) is 6.92 Å². The van der Waals surface area contributed by atoms with Crippen LogP contribution in [0.4, 0.5) is 0 Å². The van der Waals surface area contributed by atoms with Crippen molar-refractivity contribution in [3.8, 4) is 0 Å². The van der Waals surface area contributed by atoms with Crippen molar-refractivity contribution in [2.45, 2.75) is 106 Å². The summed E-state index contributed by atoms with van der Waals surface area (Å²) in [6.07, 6.45) is -22.0. The molecule has 3 saturated heterocycles. The van der Waals surface area contributed by atoms with Crippen molar-refractivity contribution in [2.75, 3.05) is 13.2 Å². The first-order valence-electron chi connectivity index (χ1n) is 11.4. The molecule has 3 aliphatic heterocycles. The maximum Gasteiger partial charge on any atom is 0.217 e. The Hall–Kier alpha value is -1.09. The molecule has 3 fully saturated rings. The number of carbonyl (C=O) groups excluding carboxylic acids is 1. The molecule has 3 heterocycles. The third-order valence-electron chi connectivity index (χ3n) is 6.45.